The monoisotopic (exact) mass is 345 g/mol. The topological polar surface area (TPSA) is 63.2 Å². The van der Waals surface area contributed by atoms with Crippen LogP contribution in [-0.4, -0.2) is 36.6 Å². The zero-order valence-corrected chi connectivity index (χ0v) is 14.9. The van der Waals surface area contributed by atoms with E-state index in [2.05, 4.69) is 22.5 Å². The molecule has 0 radical (unpaired) electrons. The Hall–Kier alpha value is -1.92. The Bertz CT molecular complexity index is 684. The Balaban J connectivity index is 1.67. The Morgan fingerprint density at radius 2 is 2.21 bits per heavy atom. The molecule has 2 aromatic rings. The lowest BCUT2D eigenvalue weighted by atomic mass is 9.95. The Morgan fingerprint density at radius 1 is 1.42 bits per heavy atom. The molecule has 3 rings (SSSR count). The van der Waals surface area contributed by atoms with Gasteiger partial charge in [0.15, 0.2) is 0 Å². The van der Waals surface area contributed by atoms with E-state index >= 15 is 0 Å². The molecule has 1 aromatic heterocycles. The fourth-order valence-electron chi connectivity index (χ4n) is 2.84. The van der Waals surface area contributed by atoms with Crippen molar-refractivity contribution in [2.75, 3.05) is 19.7 Å². The summed E-state index contributed by atoms with van der Waals surface area (Å²) in [6, 6.07) is 8.02. The lowest BCUT2D eigenvalue weighted by molar-refractivity contribution is 0.0910. The van der Waals surface area contributed by atoms with E-state index in [1.807, 2.05) is 36.6 Å². The van der Waals surface area contributed by atoms with Crippen LogP contribution in [0.3, 0.4) is 0 Å². The lowest BCUT2D eigenvalue weighted by Gasteiger charge is -2.29. The highest BCUT2D eigenvalue weighted by molar-refractivity contribution is 7.13. The molecule has 2 unspecified atom stereocenters. The number of aromatic nitrogens is 1. The molecule has 2 heterocycles. The van der Waals surface area contributed by atoms with Crippen LogP contribution in [0.5, 0.6) is 5.75 Å². The van der Waals surface area contributed by atoms with Gasteiger partial charge < -0.3 is 15.4 Å². The summed E-state index contributed by atoms with van der Waals surface area (Å²) in [5.74, 6) is 1.20. The van der Waals surface area contributed by atoms with Gasteiger partial charge in [0, 0.05) is 17.0 Å². The van der Waals surface area contributed by atoms with Gasteiger partial charge in [0.25, 0.3) is 5.91 Å². The molecule has 0 aliphatic carbocycles. The molecular formula is C18H23N3O2S. The zero-order chi connectivity index (χ0) is 16.9. The molecule has 0 bridgehead atoms. The third kappa shape index (κ3) is 3.94. The highest BCUT2D eigenvalue weighted by atomic mass is 32.1. The van der Waals surface area contributed by atoms with Crippen LogP contribution >= 0.6 is 11.3 Å². The summed E-state index contributed by atoms with van der Waals surface area (Å²) in [5, 5.41) is 9.14. The molecule has 24 heavy (non-hydrogen) atoms. The van der Waals surface area contributed by atoms with Gasteiger partial charge in [-0.3, -0.25) is 4.79 Å². The van der Waals surface area contributed by atoms with E-state index in [0.29, 0.717) is 18.2 Å². The number of piperidine rings is 1. The van der Waals surface area contributed by atoms with Crippen molar-refractivity contribution < 1.29 is 9.53 Å². The van der Waals surface area contributed by atoms with Crippen molar-refractivity contribution in [3.05, 3.63) is 35.3 Å². The van der Waals surface area contributed by atoms with E-state index in [4.69, 9.17) is 4.74 Å². The second-order valence-electron chi connectivity index (χ2n) is 6.05. The maximum absolute atomic E-state index is 12.4. The Morgan fingerprint density at radius 3 is 2.92 bits per heavy atom. The number of carbonyl (C=O) groups excluding carboxylic acids is 1. The van der Waals surface area contributed by atoms with Crippen LogP contribution in [-0.2, 0) is 0 Å². The second-order valence-corrected chi connectivity index (χ2v) is 6.90. The summed E-state index contributed by atoms with van der Waals surface area (Å²) < 4.78 is 5.45. The number of nitrogens with zero attached hydrogens (tertiary/aromatic N) is 1. The van der Waals surface area contributed by atoms with E-state index in [9.17, 15) is 4.79 Å². The van der Waals surface area contributed by atoms with Crippen molar-refractivity contribution >= 4 is 17.2 Å². The van der Waals surface area contributed by atoms with Crippen LogP contribution in [0.1, 0.15) is 30.8 Å². The lowest BCUT2D eigenvalue weighted by Crippen LogP contribution is -2.48. The molecule has 1 saturated heterocycles. The molecule has 0 saturated carbocycles. The molecule has 1 aliphatic rings. The number of hydrogen-bond donors (Lipinski definition) is 2. The SMILES string of the molecule is CCOc1ccc(-c2nc(C(=O)NC3CCNCC3C)cs2)cc1. The van der Waals surface area contributed by atoms with Crippen LogP contribution in [0.4, 0.5) is 0 Å². The average Bonchev–Trinajstić information content (AvgIpc) is 3.08. The summed E-state index contributed by atoms with van der Waals surface area (Å²) >= 11 is 1.49. The molecule has 1 aromatic carbocycles. The van der Waals surface area contributed by atoms with Crippen LogP contribution in [0.25, 0.3) is 10.6 Å². The molecule has 128 valence electrons. The van der Waals surface area contributed by atoms with Crippen molar-refractivity contribution in [2.24, 2.45) is 5.92 Å². The van der Waals surface area contributed by atoms with Gasteiger partial charge in [-0.1, -0.05) is 6.92 Å². The molecular weight excluding hydrogens is 322 g/mol. The molecule has 2 atom stereocenters. The van der Waals surface area contributed by atoms with E-state index < -0.39 is 0 Å². The van der Waals surface area contributed by atoms with Crippen LogP contribution in [0.15, 0.2) is 29.6 Å². The van der Waals surface area contributed by atoms with Gasteiger partial charge in [-0.15, -0.1) is 11.3 Å². The third-order valence-electron chi connectivity index (χ3n) is 4.25. The van der Waals surface area contributed by atoms with Gasteiger partial charge in [0.05, 0.1) is 6.61 Å². The first-order chi connectivity index (χ1) is 11.7. The van der Waals surface area contributed by atoms with Crippen molar-refractivity contribution in [2.45, 2.75) is 26.3 Å². The maximum atomic E-state index is 12.4. The minimum absolute atomic E-state index is 0.0813. The predicted molar refractivity (Wildman–Crippen MR) is 96.6 cm³/mol. The number of carbonyl (C=O) groups is 1. The largest absolute Gasteiger partial charge is 0.494 e. The van der Waals surface area contributed by atoms with E-state index in [1.54, 1.807) is 0 Å². The molecule has 1 aliphatic heterocycles. The van der Waals surface area contributed by atoms with Gasteiger partial charge in [-0.2, -0.15) is 0 Å². The Labute approximate surface area is 146 Å². The van der Waals surface area contributed by atoms with Gasteiger partial charge in [-0.05, 0) is 56.6 Å². The quantitative estimate of drug-likeness (QED) is 0.875. The molecule has 1 amide bonds. The third-order valence-corrected chi connectivity index (χ3v) is 5.14. The van der Waals surface area contributed by atoms with Crippen molar-refractivity contribution in [3.63, 3.8) is 0 Å². The molecule has 2 N–H and O–H groups in total. The first-order valence-electron chi connectivity index (χ1n) is 8.37. The van der Waals surface area contributed by atoms with Gasteiger partial charge >= 0.3 is 0 Å². The summed E-state index contributed by atoms with van der Waals surface area (Å²) in [7, 11) is 0. The number of hydrogen-bond acceptors (Lipinski definition) is 5. The smallest absolute Gasteiger partial charge is 0.271 e. The number of thiazole rings is 1. The van der Waals surface area contributed by atoms with E-state index in [0.717, 1.165) is 35.8 Å². The predicted octanol–water partition coefficient (Wildman–Crippen LogP) is 2.94. The number of nitrogens with one attached hydrogen (secondary N) is 2. The minimum atomic E-state index is -0.0813. The van der Waals surface area contributed by atoms with E-state index in [-0.39, 0.29) is 11.9 Å². The fourth-order valence-corrected chi connectivity index (χ4v) is 3.65. The highest BCUT2D eigenvalue weighted by Gasteiger charge is 2.24. The fraction of sp³-hybridized carbons (Fsp3) is 0.444. The van der Waals surface area contributed by atoms with Gasteiger partial charge in [-0.25, -0.2) is 4.98 Å². The first-order valence-corrected chi connectivity index (χ1v) is 9.25. The summed E-state index contributed by atoms with van der Waals surface area (Å²) in [6.07, 6.45) is 0.961. The molecule has 5 nitrogen and oxygen atoms in total. The number of benzene rings is 1. The summed E-state index contributed by atoms with van der Waals surface area (Å²) in [6.45, 7) is 6.66. The zero-order valence-electron chi connectivity index (χ0n) is 14.0. The van der Waals surface area contributed by atoms with Crippen molar-refractivity contribution in [1.29, 1.82) is 0 Å². The van der Waals surface area contributed by atoms with Crippen LogP contribution in [0.2, 0.25) is 0 Å². The number of ether oxygens (including phenoxy) is 1. The highest BCUT2D eigenvalue weighted by Crippen LogP contribution is 2.26. The molecule has 6 heteroatoms. The second kappa shape index (κ2) is 7.77. The van der Waals surface area contributed by atoms with E-state index in [1.165, 1.54) is 11.3 Å². The van der Waals surface area contributed by atoms with Crippen molar-refractivity contribution in [1.82, 2.24) is 15.6 Å². The normalized spacial score (nSPS) is 20.6. The van der Waals surface area contributed by atoms with Crippen LogP contribution < -0.4 is 15.4 Å². The molecule has 1 fully saturated rings. The van der Waals surface area contributed by atoms with Crippen molar-refractivity contribution in [3.8, 4) is 16.3 Å². The Kier molecular flexibility index (Phi) is 5.48. The average molecular weight is 345 g/mol. The van der Waals surface area contributed by atoms with Gasteiger partial charge in [0.1, 0.15) is 16.5 Å². The summed E-state index contributed by atoms with van der Waals surface area (Å²) in [4.78, 5) is 16.9. The van der Waals surface area contributed by atoms with Gasteiger partial charge in [0.2, 0.25) is 0 Å². The minimum Gasteiger partial charge on any atom is -0.494 e. The molecule has 0 spiro atoms. The summed E-state index contributed by atoms with van der Waals surface area (Å²) in [5.41, 5.74) is 1.49. The van der Waals surface area contributed by atoms with Crippen LogP contribution in [0, 0.1) is 5.92 Å². The maximum Gasteiger partial charge on any atom is 0.271 e. The number of rotatable bonds is 5. The number of amides is 1. The first kappa shape index (κ1) is 16.9. The standard InChI is InChI=1S/C18H23N3O2S/c1-3-23-14-6-4-13(5-7-14)18-21-16(11-24-18)17(22)20-15-8-9-19-10-12(15)2/h4-7,11-12,15,19H,3,8-10H2,1-2H3,(H,20,22).